The maximum absolute atomic E-state index is 11.5. The van der Waals surface area contributed by atoms with Gasteiger partial charge >= 0.3 is 5.97 Å². The molecule has 0 spiro atoms. The fourth-order valence-electron chi connectivity index (χ4n) is 1.85. The molecule has 1 aromatic heterocycles. The third-order valence-electron chi connectivity index (χ3n) is 2.77. The van der Waals surface area contributed by atoms with Crippen molar-refractivity contribution in [1.82, 2.24) is 9.88 Å². The summed E-state index contributed by atoms with van der Waals surface area (Å²) in [5.74, 6) is -0.381. The molecule has 0 saturated carbocycles. The Hall–Kier alpha value is -1.46. The molecule has 0 aliphatic carbocycles. The lowest BCUT2D eigenvalue weighted by Gasteiger charge is -2.26. The number of carbonyl (C=O) groups is 1. The smallest absolute Gasteiger partial charge is 0.356 e. The van der Waals surface area contributed by atoms with Gasteiger partial charge in [0.05, 0.1) is 20.3 Å². The molecule has 0 radical (unpaired) electrons. The average Bonchev–Trinajstić information content (AvgIpc) is 2.40. The van der Waals surface area contributed by atoms with Gasteiger partial charge in [0, 0.05) is 25.8 Å². The molecule has 5 heteroatoms. The van der Waals surface area contributed by atoms with Crippen molar-refractivity contribution in [3.8, 4) is 0 Å². The second kappa shape index (κ2) is 5.75. The van der Waals surface area contributed by atoms with Crippen molar-refractivity contribution >= 4 is 5.97 Å². The Bertz CT molecular complexity index is 389. The molecule has 5 nitrogen and oxygen atoms in total. The van der Waals surface area contributed by atoms with Crippen LogP contribution in [0, 0.1) is 0 Å². The highest BCUT2D eigenvalue weighted by atomic mass is 16.5. The number of aromatic nitrogens is 1. The molecule has 1 aromatic rings. The van der Waals surface area contributed by atoms with Crippen LogP contribution in [0.15, 0.2) is 18.3 Å². The highest BCUT2D eigenvalue weighted by molar-refractivity contribution is 5.88. The highest BCUT2D eigenvalue weighted by Gasteiger charge is 2.17. The Labute approximate surface area is 100 Å². The molecule has 0 unspecified atom stereocenters. The molecule has 0 aromatic carbocycles. The zero-order valence-electron chi connectivity index (χ0n) is 9.89. The van der Waals surface area contributed by atoms with Crippen LogP contribution in [-0.4, -0.2) is 49.3 Å². The topological polar surface area (TPSA) is 51.7 Å². The minimum Gasteiger partial charge on any atom is -0.464 e. The van der Waals surface area contributed by atoms with Crippen molar-refractivity contribution in [2.24, 2.45) is 0 Å². The number of hydrogen-bond donors (Lipinski definition) is 0. The Morgan fingerprint density at radius 1 is 1.53 bits per heavy atom. The van der Waals surface area contributed by atoms with Crippen molar-refractivity contribution in [3.63, 3.8) is 0 Å². The van der Waals surface area contributed by atoms with Crippen LogP contribution >= 0.6 is 0 Å². The van der Waals surface area contributed by atoms with Crippen LogP contribution in [0.25, 0.3) is 0 Å². The van der Waals surface area contributed by atoms with E-state index in [1.54, 1.807) is 6.20 Å². The van der Waals surface area contributed by atoms with Crippen molar-refractivity contribution in [1.29, 1.82) is 0 Å². The monoisotopic (exact) mass is 236 g/mol. The lowest BCUT2D eigenvalue weighted by atomic mass is 10.1. The summed E-state index contributed by atoms with van der Waals surface area (Å²) in [4.78, 5) is 17.9. The fraction of sp³-hybridized carbons (Fsp3) is 0.500. The predicted molar refractivity (Wildman–Crippen MR) is 61.7 cm³/mol. The molecule has 17 heavy (non-hydrogen) atoms. The second-order valence-corrected chi connectivity index (χ2v) is 3.89. The molecule has 0 atom stereocenters. The Morgan fingerprint density at radius 2 is 2.29 bits per heavy atom. The molecule has 1 aliphatic rings. The molecular weight excluding hydrogens is 220 g/mol. The third-order valence-corrected chi connectivity index (χ3v) is 2.77. The summed E-state index contributed by atoms with van der Waals surface area (Å²) in [5.41, 5.74) is 1.31. The van der Waals surface area contributed by atoms with E-state index in [0.29, 0.717) is 12.2 Å². The number of morpholine rings is 1. The van der Waals surface area contributed by atoms with Gasteiger partial charge in [-0.2, -0.15) is 0 Å². The fourth-order valence-corrected chi connectivity index (χ4v) is 1.85. The van der Waals surface area contributed by atoms with E-state index >= 15 is 0 Å². The molecule has 1 saturated heterocycles. The first-order chi connectivity index (χ1) is 8.31. The normalized spacial score (nSPS) is 16.8. The summed E-state index contributed by atoms with van der Waals surface area (Å²) in [6.45, 7) is 3.97. The standard InChI is InChI=1S/C12H16N2O3/c1-16-12(15)11-10(3-2-4-13-11)9-14-5-7-17-8-6-14/h2-4H,5-9H2,1H3. The summed E-state index contributed by atoms with van der Waals surface area (Å²) in [6, 6.07) is 3.75. The molecule has 1 fully saturated rings. The first-order valence-electron chi connectivity index (χ1n) is 5.63. The van der Waals surface area contributed by atoms with E-state index in [0.717, 1.165) is 31.9 Å². The van der Waals surface area contributed by atoms with Crippen LogP contribution in [-0.2, 0) is 16.0 Å². The van der Waals surface area contributed by atoms with Gasteiger partial charge in [-0.25, -0.2) is 9.78 Å². The van der Waals surface area contributed by atoms with Crippen LogP contribution in [0.2, 0.25) is 0 Å². The molecule has 2 heterocycles. The van der Waals surface area contributed by atoms with E-state index in [1.807, 2.05) is 12.1 Å². The molecule has 1 aliphatic heterocycles. The number of pyridine rings is 1. The highest BCUT2D eigenvalue weighted by Crippen LogP contribution is 2.11. The second-order valence-electron chi connectivity index (χ2n) is 3.89. The number of nitrogens with zero attached hydrogens (tertiary/aromatic N) is 2. The van der Waals surface area contributed by atoms with Gasteiger partial charge in [0.25, 0.3) is 0 Å². The van der Waals surface area contributed by atoms with Crippen LogP contribution in [0.3, 0.4) is 0 Å². The maximum atomic E-state index is 11.5. The minimum atomic E-state index is -0.381. The third kappa shape index (κ3) is 3.01. The van der Waals surface area contributed by atoms with Crippen molar-refractivity contribution in [3.05, 3.63) is 29.6 Å². The van der Waals surface area contributed by atoms with Crippen LogP contribution in [0.1, 0.15) is 16.1 Å². The molecule has 0 amide bonds. The number of carbonyl (C=O) groups excluding carboxylic acids is 1. The lowest BCUT2D eigenvalue weighted by Crippen LogP contribution is -2.36. The number of rotatable bonds is 3. The first kappa shape index (κ1) is 12.0. The van der Waals surface area contributed by atoms with Gasteiger partial charge in [0.15, 0.2) is 5.69 Å². The first-order valence-corrected chi connectivity index (χ1v) is 5.63. The van der Waals surface area contributed by atoms with E-state index in [1.165, 1.54) is 7.11 Å². The van der Waals surface area contributed by atoms with Crippen LogP contribution in [0.4, 0.5) is 0 Å². The summed E-state index contributed by atoms with van der Waals surface area (Å²) < 4.78 is 10.0. The largest absolute Gasteiger partial charge is 0.464 e. The lowest BCUT2D eigenvalue weighted by molar-refractivity contribution is 0.0337. The molecule has 0 bridgehead atoms. The zero-order valence-corrected chi connectivity index (χ0v) is 9.89. The van der Waals surface area contributed by atoms with Crippen LogP contribution in [0.5, 0.6) is 0 Å². The van der Waals surface area contributed by atoms with Gasteiger partial charge in [-0.1, -0.05) is 6.07 Å². The predicted octanol–water partition coefficient (Wildman–Crippen LogP) is 0.700. The van der Waals surface area contributed by atoms with Gasteiger partial charge in [-0.15, -0.1) is 0 Å². The van der Waals surface area contributed by atoms with Crippen molar-refractivity contribution in [2.45, 2.75) is 6.54 Å². The van der Waals surface area contributed by atoms with E-state index in [4.69, 9.17) is 9.47 Å². The average molecular weight is 236 g/mol. The maximum Gasteiger partial charge on any atom is 0.356 e. The summed E-state index contributed by atoms with van der Waals surface area (Å²) in [6.07, 6.45) is 1.61. The van der Waals surface area contributed by atoms with Gasteiger partial charge < -0.3 is 9.47 Å². The Kier molecular flexibility index (Phi) is 4.06. The minimum absolute atomic E-state index is 0.381. The van der Waals surface area contributed by atoms with E-state index in [9.17, 15) is 4.79 Å². The molecule has 92 valence electrons. The van der Waals surface area contributed by atoms with Gasteiger partial charge in [-0.05, 0) is 11.6 Å². The quantitative estimate of drug-likeness (QED) is 0.723. The zero-order chi connectivity index (χ0) is 12.1. The van der Waals surface area contributed by atoms with Crippen molar-refractivity contribution in [2.75, 3.05) is 33.4 Å². The van der Waals surface area contributed by atoms with Crippen LogP contribution < -0.4 is 0 Å². The Morgan fingerprint density at radius 3 is 3.00 bits per heavy atom. The van der Waals surface area contributed by atoms with Crippen molar-refractivity contribution < 1.29 is 14.3 Å². The van der Waals surface area contributed by atoms with Gasteiger partial charge in [0.1, 0.15) is 0 Å². The van der Waals surface area contributed by atoms with Gasteiger partial charge in [-0.3, -0.25) is 4.90 Å². The molecule has 2 rings (SSSR count). The van der Waals surface area contributed by atoms with E-state index in [-0.39, 0.29) is 5.97 Å². The molecular formula is C12H16N2O3. The Balaban J connectivity index is 2.11. The summed E-state index contributed by atoms with van der Waals surface area (Å²) in [5, 5.41) is 0. The van der Waals surface area contributed by atoms with E-state index in [2.05, 4.69) is 9.88 Å². The number of methoxy groups -OCH3 is 1. The SMILES string of the molecule is COC(=O)c1ncccc1CN1CCOCC1. The number of hydrogen-bond acceptors (Lipinski definition) is 5. The van der Waals surface area contributed by atoms with Gasteiger partial charge in [0.2, 0.25) is 0 Å². The summed E-state index contributed by atoms with van der Waals surface area (Å²) in [7, 11) is 1.37. The number of esters is 1. The molecule has 0 N–H and O–H groups in total. The summed E-state index contributed by atoms with van der Waals surface area (Å²) >= 11 is 0. The number of ether oxygens (including phenoxy) is 2. The van der Waals surface area contributed by atoms with E-state index < -0.39 is 0 Å².